The van der Waals surface area contributed by atoms with Crippen molar-refractivity contribution in [3.63, 3.8) is 0 Å². The molecule has 1 saturated heterocycles. The van der Waals surface area contributed by atoms with E-state index in [0.717, 1.165) is 43.7 Å². The van der Waals surface area contributed by atoms with E-state index >= 15 is 0 Å². The van der Waals surface area contributed by atoms with E-state index in [-0.39, 0.29) is 17.9 Å². The summed E-state index contributed by atoms with van der Waals surface area (Å²) < 4.78 is 0. The van der Waals surface area contributed by atoms with Gasteiger partial charge in [0.05, 0.1) is 17.0 Å². The number of likely N-dealkylation sites (tertiary alicyclic amines) is 1. The largest absolute Gasteiger partial charge is 0.339 e. The summed E-state index contributed by atoms with van der Waals surface area (Å²) in [5.41, 5.74) is 10.8. The number of nitrogens with zero attached hydrogens (tertiary/aromatic N) is 4. The number of hydrogen-bond acceptors (Lipinski definition) is 6. The maximum Gasteiger partial charge on any atom is 0.272 e. The van der Waals surface area contributed by atoms with E-state index in [9.17, 15) is 9.59 Å². The van der Waals surface area contributed by atoms with Crippen LogP contribution < -0.4 is 15.9 Å². The highest BCUT2D eigenvalue weighted by Gasteiger charge is 2.39. The molecule has 2 aliphatic rings. The Labute approximate surface area is 252 Å². The van der Waals surface area contributed by atoms with Crippen LogP contribution in [0.5, 0.6) is 0 Å². The standard InChI is InChI=1S/C35H36N6O2/c1-39(29-21-23-40(24-22-29)25-26-13-5-2-6-14-26)34(42)30-19-11-12-20-31(30)41-35(43)33(37-36-28-17-9-4-10-18-28)32(38-41)27-15-7-3-8-16-27/h2-20,29,33,36-37H,21-25H2,1H3. The van der Waals surface area contributed by atoms with Crippen LogP contribution in [0.1, 0.15) is 34.3 Å². The van der Waals surface area contributed by atoms with Gasteiger partial charge in [-0.15, -0.1) is 0 Å². The van der Waals surface area contributed by atoms with Crippen molar-refractivity contribution >= 4 is 28.9 Å². The number of hydrazone groups is 1. The zero-order valence-corrected chi connectivity index (χ0v) is 24.3. The third-order valence-corrected chi connectivity index (χ3v) is 8.18. The maximum atomic E-state index is 13.9. The van der Waals surface area contributed by atoms with Gasteiger partial charge >= 0.3 is 0 Å². The Hall–Kier alpha value is -4.79. The topological polar surface area (TPSA) is 80.3 Å². The summed E-state index contributed by atoms with van der Waals surface area (Å²) in [6.45, 7) is 2.77. The smallest absolute Gasteiger partial charge is 0.272 e. The van der Waals surface area contributed by atoms with Crippen LogP contribution in [0.15, 0.2) is 120 Å². The van der Waals surface area contributed by atoms with Crippen molar-refractivity contribution in [2.75, 3.05) is 30.6 Å². The molecule has 1 atom stereocenters. The predicted molar refractivity (Wildman–Crippen MR) is 171 cm³/mol. The number of para-hydroxylation sites is 2. The van der Waals surface area contributed by atoms with Crippen LogP contribution in [0.4, 0.5) is 11.4 Å². The quantitative estimate of drug-likeness (QED) is 0.271. The Kier molecular flexibility index (Phi) is 8.58. The number of benzene rings is 4. The first-order chi connectivity index (χ1) is 21.1. The summed E-state index contributed by atoms with van der Waals surface area (Å²) >= 11 is 0. The fourth-order valence-corrected chi connectivity index (χ4v) is 5.77. The molecule has 0 saturated carbocycles. The lowest BCUT2D eigenvalue weighted by Crippen LogP contribution is -2.47. The highest BCUT2D eigenvalue weighted by atomic mass is 16.2. The van der Waals surface area contributed by atoms with E-state index in [2.05, 4.69) is 40.0 Å². The highest BCUT2D eigenvalue weighted by Crippen LogP contribution is 2.29. The van der Waals surface area contributed by atoms with Crippen molar-refractivity contribution in [2.45, 2.75) is 31.5 Å². The van der Waals surface area contributed by atoms with E-state index in [1.165, 1.54) is 10.6 Å². The van der Waals surface area contributed by atoms with Crippen LogP contribution in [-0.2, 0) is 11.3 Å². The van der Waals surface area contributed by atoms with Gasteiger partial charge in [0.15, 0.2) is 6.04 Å². The molecule has 2 heterocycles. The number of rotatable bonds is 9. The fourth-order valence-electron chi connectivity index (χ4n) is 5.77. The first-order valence-electron chi connectivity index (χ1n) is 14.8. The summed E-state index contributed by atoms with van der Waals surface area (Å²) in [5.74, 6) is -0.375. The molecule has 43 heavy (non-hydrogen) atoms. The number of hydrazine groups is 1. The average molecular weight is 573 g/mol. The van der Waals surface area contributed by atoms with Crippen molar-refractivity contribution in [3.05, 3.63) is 132 Å². The summed E-state index contributed by atoms with van der Waals surface area (Å²) in [7, 11) is 1.87. The first-order valence-corrected chi connectivity index (χ1v) is 14.8. The Morgan fingerprint density at radius 3 is 2.14 bits per heavy atom. The molecule has 4 aromatic rings. The molecular weight excluding hydrogens is 536 g/mol. The number of piperidine rings is 1. The Morgan fingerprint density at radius 1 is 0.837 bits per heavy atom. The minimum Gasteiger partial charge on any atom is -0.339 e. The molecule has 0 aromatic heterocycles. The van der Waals surface area contributed by atoms with Crippen LogP contribution in [0.25, 0.3) is 0 Å². The Balaban J connectivity index is 1.20. The minimum atomic E-state index is -0.752. The van der Waals surface area contributed by atoms with Gasteiger partial charge in [-0.2, -0.15) is 10.1 Å². The van der Waals surface area contributed by atoms with Crippen molar-refractivity contribution in [3.8, 4) is 0 Å². The molecule has 2 aliphatic heterocycles. The predicted octanol–water partition coefficient (Wildman–Crippen LogP) is 5.16. The van der Waals surface area contributed by atoms with Crippen molar-refractivity contribution < 1.29 is 9.59 Å². The molecule has 8 nitrogen and oxygen atoms in total. The van der Waals surface area contributed by atoms with E-state index in [0.29, 0.717) is 17.0 Å². The molecule has 1 unspecified atom stereocenters. The second-order valence-corrected chi connectivity index (χ2v) is 11.0. The van der Waals surface area contributed by atoms with Crippen LogP contribution in [0, 0.1) is 0 Å². The van der Waals surface area contributed by atoms with Crippen LogP contribution in [0.2, 0.25) is 0 Å². The summed E-state index contributed by atoms with van der Waals surface area (Å²) in [4.78, 5) is 32.1. The van der Waals surface area contributed by atoms with Gasteiger partial charge in [-0.3, -0.25) is 14.5 Å². The van der Waals surface area contributed by atoms with Gasteiger partial charge < -0.3 is 10.3 Å². The third kappa shape index (κ3) is 6.35. The summed E-state index contributed by atoms with van der Waals surface area (Å²) in [6, 6.07) is 36.3. The molecule has 8 heteroatoms. The number of carbonyl (C=O) groups is 2. The van der Waals surface area contributed by atoms with E-state index in [4.69, 9.17) is 5.10 Å². The molecule has 0 spiro atoms. The zero-order chi connectivity index (χ0) is 29.6. The number of anilines is 2. The molecule has 1 fully saturated rings. The van der Waals surface area contributed by atoms with Gasteiger partial charge in [-0.1, -0.05) is 91.0 Å². The number of carbonyl (C=O) groups excluding carboxylic acids is 2. The molecule has 218 valence electrons. The highest BCUT2D eigenvalue weighted by molar-refractivity contribution is 6.25. The summed E-state index contributed by atoms with van der Waals surface area (Å²) in [6.07, 6.45) is 1.79. The number of hydrogen-bond donors (Lipinski definition) is 2. The molecule has 2 N–H and O–H groups in total. The fraction of sp³-hybridized carbons (Fsp3) is 0.229. The summed E-state index contributed by atoms with van der Waals surface area (Å²) in [5, 5.41) is 6.16. The Morgan fingerprint density at radius 2 is 1.44 bits per heavy atom. The second-order valence-electron chi connectivity index (χ2n) is 11.0. The molecular formula is C35H36N6O2. The van der Waals surface area contributed by atoms with E-state index in [1.807, 2.05) is 90.8 Å². The van der Waals surface area contributed by atoms with E-state index in [1.54, 1.807) is 12.1 Å². The lowest BCUT2D eigenvalue weighted by molar-refractivity contribution is -0.118. The van der Waals surface area contributed by atoms with Gasteiger partial charge in [0.25, 0.3) is 11.8 Å². The lowest BCUT2D eigenvalue weighted by Gasteiger charge is -2.37. The van der Waals surface area contributed by atoms with Gasteiger partial charge in [0.2, 0.25) is 0 Å². The van der Waals surface area contributed by atoms with Crippen LogP contribution in [-0.4, -0.2) is 59.5 Å². The van der Waals surface area contributed by atoms with Gasteiger partial charge in [0, 0.05) is 44.0 Å². The van der Waals surface area contributed by atoms with Gasteiger partial charge in [-0.25, -0.2) is 5.43 Å². The molecule has 6 rings (SSSR count). The maximum absolute atomic E-state index is 13.9. The Bertz CT molecular complexity index is 1570. The monoisotopic (exact) mass is 572 g/mol. The zero-order valence-electron chi connectivity index (χ0n) is 24.3. The number of amides is 2. The molecule has 0 radical (unpaired) electrons. The third-order valence-electron chi connectivity index (χ3n) is 8.18. The molecule has 4 aromatic carbocycles. The van der Waals surface area contributed by atoms with Gasteiger partial charge in [0.1, 0.15) is 0 Å². The number of nitrogens with one attached hydrogen (secondary N) is 2. The van der Waals surface area contributed by atoms with Crippen molar-refractivity contribution in [1.82, 2.24) is 15.2 Å². The first kappa shape index (κ1) is 28.3. The molecule has 0 aliphatic carbocycles. The van der Waals surface area contributed by atoms with Gasteiger partial charge in [-0.05, 0) is 42.7 Å². The minimum absolute atomic E-state index is 0.111. The van der Waals surface area contributed by atoms with E-state index < -0.39 is 6.04 Å². The molecule has 0 bridgehead atoms. The van der Waals surface area contributed by atoms with Crippen LogP contribution >= 0.6 is 0 Å². The van der Waals surface area contributed by atoms with Crippen molar-refractivity contribution in [1.29, 1.82) is 0 Å². The molecule has 2 amide bonds. The average Bonchev–Trinajstić information content (AvgIpc) is 3.40. The normalized spacial score (nSPS) is 17.5. The SMILES string of the molecule is CN(C(=O)c1ccccc1N1N=C(c2ccccc2)C(NNc2ccccc2)C1=O)C1CCN(Cc2ccccc2)CC1. The van der Waals surface area contributed by atoms with Crippen LogP contribution in [0.3, 0.4) is 0 Å². The van der Waals surface area contributed by atoms with Crippen molar-refractivity contribution in [2.24, 2.45) is 5.10 Å². The lowest BCUT2D eigenvalue weighted by atomic mass is 10.0. The second kappa shape index (κ2) is 13.0.